The summed E-state index contributed by atoms with van der Waals surface area (Å²) in [6.45, 7) is 0.895. The highest BCUT2D eigenvalue weighted by atomic mass is 35.5. The molecule has 0 aromatic heterocycles. The van der Waals surface area contributed by atoms with Crippen LogP contribution in [0.4, 0.5) is 0 Å². The van der Waals surface area contributed by atoms with E-state index in [9.17, 15) is 4.79 Å². The maximum Gasteiger partial charge on any atom is 0.225 e. The zero-order valence-corrected chi connectivity index (χ0v) is 10.4. The molecule has 0 saturated heterocycles. The van der Waals surface area contributed by atoms with Crippen molar-refractivity contribution in [2.75, 3.05) is 19.5 Å². The van der Waals surface area contributed by atoms with E-state index in [0.29, 0.717) is 11.8 Å². The SMILES string of the molecule is CN(CCCCCCl)C(=O)C1CCCC1. The van der Waals surface area contributed by atoms with Crippen molar-refractivity contribution in [3.63, 3.8) is 0 Å². The molecule has 0 spiro atoms. The van der Waals surface area contributed by atoms with Crippen molar-refractivity contribution in [2.24, 2.45) is 5.92 Å². The highest BCUT2D eigenvalue weighted by Gasteiger charge is 2.24. The highest BCUT2D eigenvalue weighted by Crippen LogP contribution is 2.26. The van der Waals surface area contributed by atoms with E-state index in [1.165, 1.54) is 12.8 Å². The minimum atomic E-state index is 0.322. The highest BCUT2D eigenvalue weighted by molar-refractivity contribution is 6.17. The molecule has 88 valence electrons. The van der Waals surface area contributed by atoms with Gasteiger partial charge in [-0.25, -0.2) is 0 Å². The molecule has 0 unspecified atom stereocenters. The average molecular weight is 232 g/mol. The molecular weight excluding hydrogens is 210 g/mol. The lowest BCUT2D eigenvalue weighted by Crippen LogP contribution is -2.32. The summed E-state index contributed by atoms with van der Waals surface area (Å²) < 4.78 is 0. The van der Waals surface area contributed by atoms with Crippen LogP contribution in [0.15, 0.2) is 0 Å². The van der Waals surface area contributed by atoms with E-state index in [4.69, 9.17) is 11.6 Å². The van der Waals surface area contributed by atoms with Gasteiger partial charge in [0.15, 0.2) is 0 Å². The smallest absolute Gasteiger partial charge is 0.225 e. The van der Waals surface area contributed by atoms with Crippen LogP contribution in [0.25, 0.3) is 0 Å². The monoisotopic (exact) mass is 231 g/mol. The van der Waals surface area contributed by atoms with Gasteiger partial charge >= 0.3 is 0 Å². The zero-order chi connectivity index (χ0) is 11.1. The van der Waals surface area contributed by atoms with Gasteiger partial charge in [0.1, 0.15) is 0 Å². The van der Waals surface area contributed by atoms with Crippen molar-refractivity contribution in [3.8, 4) is 0 Å². The van der Waals surface area contributed by atoms with E-state index < -0.39 is 0 Å². The first-order valence-electron chi connectivity index (χ1n) is 6.06. The molecule has 0 bridgehead atoms. The van der Waals surface area contributed by atoms with Crippen LogP contribution in [-0.4, -0.2) is 30.3 Å². The van der Waals surface area contributed by atoms with E-state index in [1.54, 1.807) is 0 Å². The first-order valence-corrected chi connectivity index (χ1v) is 6.60. The van der Waals surface area contributed by atoms with Crippen LogP contribution >= 0.6 is 11.6 Å². The van der Waals surface area contributed by atoms with Crippen LogP contribution in [-0.2, 0) is 4.79 Å². The molecule has 1 fully saturated rings. The maximum absolute atomic E-state index is 11.9. The summed E-state index contributed by atoms with van der Waals surface area (Å²) in [6, 6.07) is 0. The fourth-order valence-electron chi connectivity index (χ4n) is 2.21. The number of carbonyl (C=O) groups is 1. The maximum atomic E-state index is 11.9. The summed E-state index contributed by atoms with van der Waals surface area (Å²) in [5.41, 5.74) is 0. The summed E-state index contributed by atoms with van der Waals surface area (Å²) >= 11 is 5.60. The molecule has 1 rings (SSSR count). The molecule has 0 aromatic rings. The van der Waals surface area contributed by atoms with Crippen molar-refractivity contribution in [1.82, 2.24) is 4.90 Å². The number of halogens is 1. The molecular formula is C12H22ClNO. The Hall–Kier alpha value is -0.240. The van der Waals surface area contributed by atoms with E-state index in [0.717, 1.165) is 44.5 Å². The van der Waals surface area contributed by atoms with Gasteiger partial charge in [0.2, 0.25) is 5.91 Å². The molecule has 0 N–H and O–H groups in total. The van der Waals surface area contributed by atoms with Crippen molar-refractivity contribution < 1.29 is 4.79 Å². The molecule has 0 radical (unpaired) electrons. The molecule has 15 heavy (non-hydrogen) atoms. The van der Waals surface area contributed by atoms with Gasteiger partial charge < -0.3 is 4.90 Å². The molecule has 0 aliphatic heterocycles. The number of rotatable bonds is 6. The third-order valence-corrected chi connectivity index (χ3v) is 3.48. The van der Waals surface area contributed by atoms with E-state index in [1.807, 2.05) is 11.9 Å². The first kappa shape index (κ1) is 12.8. The second-order valence-corrected chi connectivity index (χ2v) is 4.87. The standard InChI is InChI=1S/C12H22ClNO/c1-14(10-6-2-5-9-13)12(15)11-7-3-4-8-11/h11H,2-10H2,1H3. The number of carbonyl (C=O) groups excluding carboxylic acids is 1. The molecule has 3 heteroatoms. The fraction of sp³-hybridized carbons (Fsp3) is 0.917. The molecule has 0 aromatic carbocycles. The van der Waals surface area contributed by atoms with E-state index in [-0.39, 0.29) is 0 Å². The van der Waals surface area contributed by atoms with Crippen LogP contribution in [0, 0.1) is 5.92 Å². The summed E-state index contributed by atoms with van der Waals surface area (Å²) in [7, 11) is 1.93. The third kappa shape index (κ3) is 4.42. The Morgan fingerprint density at radius 3 is 2.53 bits per heavy atom. The van der Waals surface area contributed by atoms with Gasteiger partial charge in [-0.3, -0.25) is 4.79 Å². The van der Waals surface area contributed by atoms with Gasteiger partial charge in [0.25, 0.3) is 0 Å². The molecule has 0 heterocycles. The number of amides is 1. The Morgan fingerprint density at radius 2 is 1.93 bits per heavy atom. The van der Waals surface area contributed by atoms with Gasteiger partial charge in [0, 0.05) is 25.4 Å². The molecule has 1 aliphatic carbocycles. The minimum Gasteiger partial charge on any atom is -0.346 e. The predicted molar refractivity (Wildman–Crippen MR) is 64.2 cm³/mol. The van der Waals surface area contributed by atoms with Gasteiger partial charge in [-0.05, 0) is 25.7 Å². The van der Waals surface area contributed by atoms with Crippen molar-refractivity contribution in [2.45, 2.75) is 44.9 Å². The predicted octanol–water partition coefficient (Wildman–Crippen LogP) is 3.04. The van der Waals surface area contributed by atoms with Crippen LogP contribution in [0.1, 0.15) is 44.9 Å². The van der Waals surface area contributed by atoms with Crippen LogP contribution < -0.4 is 0 Å². The van der Waals surface area contributed by atoms with Gasteiger partial charge in [-0.15, -0.1) is 11.6 Å². The number of nitrogens with zero attached hydrogens (tertiary/aromatic N) is 1. The van der Waals surface area contributed by atoms with Gasteiger partial charge in [-0.2, -0.15) is 0 Å². The average Bonchev–Trinajstić information content (AvgIpc) is 2.76. The van der Waals surface area contributed by atoms with Crippen LogP contribution in [0.2, 0.25) is 0 Å². The molecule has 1 saturated carbocycles. The zero-order valence-electron chi connectivity index (χ0n) is 9.67. The Kier molecular flexibility index (Phi) is 6.07. The normalized spacial score (nSPS) is 16.9. The largest absolute Gasteiger partial charge is 0.346 e. The Bertz CT molecular complexity index is 190. The van der Waals surface area contributed by atoms with E-state index >= 15 is 0 Å². The van der Waals surface area contributed by atoms with Gasteiger partial charge in [-0.1, -0.05) is 19.3 Å². The van der Waals surface area contributed by atoms with E-state index in [2.05, 4.69) is 0 Å². The Morgan fingerprint density at radius 1 is 1.27 bits per heavy atom. The quantitative estimate of drug-likeness (QED) is 0.508. The second-order valence-electron chi connectivity index (χ2n) is 4.49. The second kappa shape index (κ2) is 7.10. The summed E-state index contributed by atoms with van der Waals surface area (Å²) in [5.74, 6) is 1.42. The molecule has 1 amide bonds. The molecule has 1 aliphatic rings. The lowest BCUT2D eigenvalue weighted by Gasteiger charge is -2.20. The first-order chi connectivity index (χ1) is 7.25. The fourth-order valence-corrected chi connectivity index (χ4v) is 2.40. The minimum absolute atomic E-state index is 0.322. The van der Waals surface area contributed by atoms with Crippen LogP contribution in [0.5, 0.6) is 0 Å². The van der Waals surface area contributed by atoms with Crippen molar-refractivity contribution in [3.05, 3.63) is 0 Å². The van der Waals surface area contributed by atoms with Crippen molar-refractivity contribution in [1.29, 1.82) is 0 Å². The van der Waals surface area contributed by atoms with Crippen LogP contribution in [0.3, 0.4) is 0 Å². The number of alkyl halides is 1. The summed E-state index contributed by atoms with van der Waals surface area (Å²) in [6.07, 6.45) is 7.95. The lowest BCUT2D eigenvalue weighted by molar-refractivity contribution is -0.134. The summed E-state index contributed by atoms with van der Waals surface area (Å²) in [5, 5.41) is 0. The Labute approximate surface area is 98.0 Å². The third-order valence-electron chi connectivity index (χ3n) is 3.21. The topological polar surface area (TPSA) is 20.3 Å². The molecule has 2 nitrogen and oxygen atoms in total. The number of hydrogen-bond donors (Lipinski definition) is 0. The Balaban J connectivity index is 2.14. The lowest BCUT2D eigenvalue weighted by atomic mass is 10.1. The summed E-state index contributed by atoms with van der Waals surface area (Å²) in [4.78, 5) is 13.8. The van der Waals surface area contributed by atoms with Gasteiger partial charge in [0.05, 0.1) is 0 Å². The number of unbranched alkanes of at least 4 members (excludes halogenated alkanes) is 2. The van der Waals surface area contributed by atoms with Crippen molar-refractivity contribution >= 4 is 17.5 Å². The molecule has 0 atom stereocenters. The number of hydrogen-bond acceptors (Lipinski definition) is 1.